The predicted molar refractivity (Wildman–Crippen MR) is 75.6 cm³/mol. The van der Waals surface area contributed by atoms with Gasteiger partial charge in [0.2, 0.25) is 0 Å². The van der Waals surface area contributed by atoms with Gasteiger partial charge in [0.25, 0.3) is 0 Å². The first-order valence-corrected chi connectivity index (χ1v) is 8.05. The van der Waals surface area contributed by atoms with E-state index in [4.69, 9.17) is 0 Å². The minimum absolute atomic E-state index is 0.399. The van der Waals surface area contributed by atoms with E-state index in [-0.39, 0.29) is 0 Å². The van der Waals surface area contributed by atoms with Gasteiger partial charge in [-0.15, -0.1) is 0 Å². The van der Waals surface area contributed by atoms with E-state index in [1.807, 2.05) is 0 Å². The van der Waals surface area contributed by atoms with Crippen LogP contribution in [0.3, 0.4) is 0 Å². The summed E-state index contributed by atoms with van der Waals surface area (Å²) in [6.07, 6.45) is 12.0. The fourth-order valence-corrected chi connectivity index (χ4v) is 3.58. The van der Waals surface area contributed by atoms with Crippen LogP contribution in [-0.4, -0.2) is 18.4 Å². The van der Waals surface area contributed by atoms with Crippen molar-refractivity contribution in [2.45, 2.75) is 77.2 Å². The first-order valence-electron chi connectivity index (χ1n) is 8.05. The molecule has 1 saturated heterocycles. The molecule has 1 aliphatic carbocycles. The lowest BCUT2D eigenvalue weighted by Gasteiger charge is -2.28. The first kappa shape index (κ1) is 14.0. The number of hydrogen-bond donors (Lipinski definition) is 1. The molecule has 0 radical (unpaired) electrons. The number of Topliss-reactive ketones (excluding diaryl/α,β-unsaturated/α-hetero) is 1. The topological polar surface area (TPSA) is 29.1 Å². The molecule has 0 aromatic carbocycles. The van der Waals surface area contributed by atoms with Crippen LogP contribution in [0.25, 0.3) is 0 Å². The van der Waals surface area contributed by atoms with Gasteiger partial charge >= 0.3 is 0 Å². The van der Waals surface area contributed by atoms with Crippen LogP contribution in [0.4, 0.5) is 0 Å². The van der Waals surface area contributed by atoms with E-state index in [9.17, 15) is 4.79 Å². The number of hydrogen-bond acceptors (Lipinski definition) is 2. The fourth-order valence-electron chi connectivity index (χ4n) is 3.58. The maximum atomic E-state index is 12.2. The zero-order valence-corrected chi connectivity index (χ0v) is 11.9. The van der Waals surface area contributed by atoms with Crippen LogP contribution in [0.1, 0.15) is 71.1 Å². The molecule has 1 atom stereocenters. The minimum atomic E-state index is 0.399. The Morgan fingerprint density at radius 2 is 1.89 bits per heavy atom. The summed E-state index contributed by atoms with van der Waals surface area (Å²) in [6.45, 7) is 3.43. The van der Waals surface area contributed by atoms with Crippen LogP contribution in [-0.2, 0) is 4.79 Å². The van der Waals surface area contributed by atoms with Crippen LogP contribution in [0.5, 0.6) is 0 Å². The van der Waals surface area contributed by atoms with E-state index in [1.165, 1.54) is 38.5 Å². The highest BCUT2D eigenvalue weighted by atomic mass is 16.1. The van der Waals surface area contributed by atoms with Crippen molar-refractivity contribution in [2.24, 2.45) is 11.8 Å². The molecule has 0 spiro atoms. The monoisotopic (exact) mass is 251 g/mol. The highest BCUT2D eigenvalue weighted by Gasteiger charge is 2.25. The molecular formula is C16H29NO. The van der Waals surface area contributed by atoms with Gasteiger partial charge in [-0.1, -0.05) is 19.8 Å². The molecule has 2 rings (SSSR count). The second kappa shape index (κ2) is 7.28. The SMILES string of the molecule is CCC1CCC(C(=O)CCC2CCCCN2)CC1. The summed E-state index contributed by atoms with van der Waals surface area (Å²) in [5.74, 6) is 1.85. The van der Waals surface area contributed by atoms with Crippen molar-refractivity contribution in [2.75, 3.05) is 6.54 Å². The van der Waals surface area contributed by atoms with Crippen molar-refractivity contribution in [3.8, 4) is 0 Å². The summed E-state index contributed by atoms with van der Waals surface area (Å²) in [6, 6.07) is 0.620. The molecule has 2 heteroatoms. The molecule has 0 bridgehead atoms. The number of piperidine rings is 1. The molecule has 1 heterocycles. The molecule has 0 amide bonds. The Morgan fingerprint density at radius 3 is 2.50 bits per heavy atom. The lowest BCUT2D eigenvalue weighted by atomic mass is 9.78. The summed E-state index contributed by atoms with van der Waals surface area (Å²) in [5.41, 5.74) is 0. The van der Waals surface area contributed by atoms with Gasteiger partial charge in [0.1, 0.15) is 5.78 Å². The number of ketones is 1. The van der Waals surface area contributed by atoms with E-state index >= 15 is 0 Å². The van der Waals surface area contributed by atoms with Crippen molar-refractivity contribution >= 4 is 5.78 Å². The third kappa shape index (κ3) is 4.08. The predicted octanol–water partition coefficient (Wildman–Crippen LogP) is 3.69. The smallest absolute Gasteiger partial charge is 0.136 e. The second-order valence-corrected chi connectivity index (χ2v) is 6.28. The lowest BCUT2D eigenvalue weighted by Crippen LogP contribution is -2.34. The molecule has 1 saturated carbocycles. The number of nitrogens with one attached hydrogen (secondary N) is 1. The third-order valence-corrected chi connectivity index (χ3v) is 5.03. The Hall–Kier alpha value is -0.370. The highest BCUT2D eigenvalue weighted by Crippen LogP contribution is 2.32. The Kier molecular flexibility index (Phi) is 5.68. The van der Waals surface area contributed by atoms with Crippen molar-refractivity contribution in [3.63, 3.8) is 0 Å². The van der Waals surface area contributed by atoms with E-state index in [0.717, 1.165) is 38.1 Å². The zero-order valence-electron chi connectivity index (χ0n) is 11.9. The molecule has 2 nitrogen and oxygen atoms in total. The molecule has 0 aromatic heterocycles. The minimum Gasteiger partial charge on any atom is -0.314 e. The average molecular weight is 251 g/mol. The Morgan fingerprint density at radius 1 is 1.11 bits per heavy atom. The summed E-state index contributed by atoms with van der Waals surface area (Å²) in [7, 11) is 0. The zero-order chi connectivity index (χ0) is 12.8. The Bertz CT molecular complexity index is 250. The lowest BCUT2D eigenvalue weighted by molar-refractivity contribution is -0.124. The standard InChI is InChI=1S/C16H29NO/c1-2-13-6-8-14(9-7-13)16(18)11-10-15-5-3-4-12-17-15/h13-15,17H,2-12H2,1H3. The summed E-state index contributed by atoms with van der Waals surface area (Å²) in [4.78, 5) is 12.2. The normalized spacial score (nSPS) is 33.3. The molecule has 1 aliphatic heterocycles. The summed E-state index contributed by atoms with van der Waals surface area (Å²) in [5, 5.41) is 3.54. The highest BCUT2D eigenvalue weighted by molar-refractivity contribution is 5.81. The van der Waals surface area contributed by atoms with Gasteiger partial charge in [-0.25, -0.2) is 0 Å². The maximum Gasteiger partial charge on any atom is 0.136 e. The molecular weight excluding hydrogens is 222 g/mol. The van der Waals surface area contributed by atoms with Crippen molar-refractivity contribution < 1.29 is 4.79 Å². The summed E-state index contributed by atoms with van der Waals surface area (Å²) < 4.78 is 0. The second-order valence-electron chi connectivity index (χ2n) is 6.28. The fraction of sp³-hybridized carbons (Fsp3) is 0.938. The van der Waals surface area contributed by atoms with Crippen LogP contribution in [0.2, 0.25) is 0 Å². The Balaban J connectivity index is 1.65. The van der Waals surface area contributed by atoms with Gasteiger partial charge in [-0.2, -0.15) is 0 Å². The largest absolute Gasteiger partial charge is 0.314 e. The van der Waals surface area contributed by atoms with Gasteiger partial charge < -0.3 is 5.32 Å². The third-order valence-electron chi connectivity index (χ3n) is 5.03. The summed E-state index contributed by atoms with van der Waals surface area (Å²) >= 11 is 0. The molecule has 0 aromatic rings. The van der Waals surface area contributed by atoms with E-state index in [2.05, 4.69) is 12.2 Å². The van der Waals surface area contributed by atoms with Crippen LogP contribution >= 0.6 is 0 Å². The first-order chi connectivity index (χ1) is 8.79. The number of rotatable bonds is 5. The Labute approximate surface area is 112 Å². The van der Waals surface area contributed by atoms with E-state index in [1.54, 1.807) is 0 Å². The van der Waals surface area contributed by atoms with Gasteiger partial charge in [-0.3, -0.25) is 4.79 Å². The van der Waals surface area contributed by atoms with Crippen molar-refractivity contribution in [1.82, 2.24) is 5.32 Å². The quantitative estimate of drug-likeness (QED) is 0.807. The average Bonchev–Trinajstić information content (AvgIpc) is 2.46. The van der Waals surface area contributed by atoms with Crippen LogP contribution in [0.15, 0.2) is 0 Å². The van der Waals surface area contributed by atoms with Crippen LogP contribution < -0.4 is 5.32 Å². The van der Waals surface area contributed by atoms with Crippen LogP contribution in [0, 0.1) is 11.8 Å². The number of carbonyl (C=O) groups is 1. The van der Waals surface area contributed by atoms with Gasteiger partial charge in [-0.05, 0) is 57.4 Å². The molecule has 104 valence electrons. The van der Waals surface area contributed by atoms with Crippen molar-refractivity contribution in [1.29, 1.82) is 0 Å². The maximum absolute atomic E-state index is 12.2. The number of carbonyl (C=O) groups excluding carboxylic acids is 1. The molecule has 18 heavy (non-hydrogen) atoms. The molecule has 1 N–H and O–H groups in total. The van der Waals surface area contributed by atoms with E-state index < -0.39 is 0 Å². The molecule has 1 unspecified atom stereocenters. The molecule has 2 fully saturated rings. The van der Waals surface area contributed by atoms with E-state index in [0.29, 0.717) is 17.7 Å². The van der Waals surface area contributed by atoms with Gasteiger partial charge in [0.05, 0.1) is 0 Å². The molecule has 2 aliphatic rings. The van der Waals surface area contributed by atoms with Crippen molar-refractivity contribution in [3.05, 3.63) is 0 Å². The van der Waals surface area contributed by atoms with Gasteiger partial charge in [0, 0.05) is 18.4 Å². The van der Waals surface area contributed by atoms with Gasteiger partial charge in [0.15, 0.2) is 0 Å².